The molecule has 0 atom stereocenters. The maximum Gasteiger partial charge on any atom is 0.101 e. The fourth-order valence-electron chi connectivity index (χ4n) is 2.03. The lowest BCUT2D eigenvalue weighted by Crippen LogP contribution is -2.05. The van der Waals surface area contributed by atoms with Gasteiger partial charge in [0.25, 0.3) is 0 Å². The van der Waals surface area contributed by atoms with E-state index in [0.717, 1.165) is 16.8 Å². The number of hydrogen-bond acceptors (Lipinski definition) is 3. The van der Waals surface area contributed by atoms with Gasteiger partial charge in [0.2, 0.25) is 0 Å². The van der Waals surface area contributed by atoms with Crippen LogP contribution in [0.3, 0.4) is 0 Å². The van der Waals surface area contributed by atoms with Crippen molar-refractivity contribution in [3.8, 4) is 6.07 Å². The second kappa shape index (κ2) is 7.68. The number of nitrogens with zero attached hydrogens (tertiary/aromatic N) is 1. The minimum atomic E-state index is 0.585. The van der Waals surface area contributed by atoms with E-state index in [4.69, 9.17) is 21.6 Å². The largest absolute Gasteiger partial charge is 0.380 e. The van der Waals surface area contributed by atoms with Gasteiger partial charge in [-0.05, 0) is 36.2 Å². The molecule has 2 aromatic rings. The van der Waals surface area contributed by atoms with E-state index in [-0.39, 0.29) is 0 Å². The van der Waals surface area contributed by atoms with Gasteiger partial charge in [0.15, 0.2) is 0 Å². The predicted molar refractivity (Wildman–Crippen MR) is 85.3 cm³/mol. The smallest absolute Gasteiger partial charge is 0.101 e. The number of hydrogen-bond donors (Lipinski definition) is 1. The van der Waals surface area contributed by atoms with Gasteiger partial charge >= 0.3 is 0 Å². The first-order chi connectivity index (χ1) is 10.2. The lowest BCUT2D eigenvalue weighted by atomic mass is 10.1. The Bertz CT molecular complexity index is 649. The molecule has 21 heavy (non-hydrogen) atoms. The highest BCUT2D eigenvalue weighted by Crippen LogP contribution is 2.21. The first-order valence-corrected chi connectivity index (χ1v) is 7.20. The van der Waals surface area contributed by atoms with Gasteiger partial charge in [0, 0.05) is 18.2 Å². The van der Waals surface area contributed by atoms with Crippen LogP contribution >= 0.6 is 11.6 Å². The highest BCUT2D eigenvalue weighted by atomic mass is 35.5. The van der Waals surface area contributed by atoms with Crippen LogP contribution in [0.4, 0.5) is 5.69 Å². The monoisotopic (exact) mass is 300 g/mol. The van der Waals surface area contributed by atoms with E-state index < -0.39 is 0 Å². The molecule has 0 radical (unpaired) electrons. The molecule has 0 aliphatic carbocycles. The van der Waals surface area contributed by atoms with Crippen LogP contribution in [-0.2, 0) is 17.9 Å². The fourth-order valence-corrected chi connectivity index (χ4v) is 2.21. The van der Waals surface area contributed by atoms with Crippen molar-refractivity contribution in [1.29, 1.82) is 5.26 Å². The Hall–Kier alpha value is -2.02. The summed E-state index contributed by atoms with van der Waals surface area (Å²) in [4.78, 5) is 0. The zero-order valence-corrected chi connectivity index (χ0v) is 12.7. The van der Waals surface area contributed by atoms with Crippen LogP contribution in [0.2, 0.25) is 5.02 Å². The normalized spacial score (nSPS) is 10.1. The number of ether oxygens (including phenoxy) is 1. The van der Waals surface area contributed by atoms with E-state index in [1.165, 1.54) is 0 Å². The standard InChI is InChI=1S/C17H17ClN2O/c1-2-21-12-15-6-4-3-5-14(15)11-20-17-9-16(18)8-7-13(17)10-19/h3-9,20H,2,11-12H2,1H3. The number of rotatable bonds is 6. The number of nitrogens with one attached hydrogen (secondary N) is 1. The molecule has 2 aromatic carbocycles. The van der Waals surface area contributed by atoms with Gasteiger partial charge in [0.1, 0.15) is 6.07 Å². The summed E-state index contributed by atoms with van der Waals surface area (Å²) in [6.07, 6.45) is 0. The first-order valence-electron chi connectivity index (χ1n) is 6.82. The summed E-state index contributed by atoms with van der Waals surface area (Å²) in [5.74, 6) is 0. The van der Waals surface area contributed by atoms with E-state index >= 15 is 0 Å². The molecule has 4 heteroatoms. The van der Waals surface area contributed by atoms with Gasteiger partial charge < -0.3 is 10.1 Å². The quantitative estimate of drug-likeness (QED) is 0.862. The average Bonchev–Trinajstić information content (AvgIpc) is 2.52. The van der Waals surface area contributed by atoms with Crippen molar-refractivity contribution in [2.75, 3.05) is 11.9 Å². The van der Waals surface area contributed by atoms with Gasteiger partial charge in [-0.2, -0.15) is 5.26 Å². The van der Waals surface area contributed by atoms with E-state index in [0.29, 0.717) is 30.3 Å². The highest BCUT2D eigenvalue weighted by molar-refractivity contribution is 6.30. The molecular weight excluding hydrogens is 284 g/mol. The van der Waals surface area contributed by atoms with Crippen LogP contribution in [-0.4, -0.2) is 6.61 Å². The Morgan fingerprint density at radius 1 is 1.19 bits per heavy atom. The Morgan fingerprint density at radius 2 is 1.95 bits per heavy atom. The molecule has 0 saturated heterocycles. The number of halogens is 1. The summed E-state index contributed by atoms with van der Waals surface area (Å²) in [6.45, 7) is 3.88. The molecular formula is C17H17ClN2O. The minimum absolute atomic E-state index is 0.585. The molecule has 0 saturated carbocycles. The Kier molecular flexibility index (Phi) is 5.62. The van der Waals surface area contributed by atoms with Crippen molar-refractivity contribution in [3.63, 3.8) is 0 Å². The summed E-state index contributed by atoms with van der Waals surface area (Å²) >= 11 is 5.99. The molecule has 0 aliphatic heterocycles. The van der Waals surface area contributed by atoms with Crippen molar-refractivity contribution < 1.29 is 4.74 Å². The van der Waals surface area contributed by atoms with Gasteiger partial charge in [-0.3, -0.25) is 0 Å². The van der Waals surface area contributed by atoms with Gasteiger partial charge in [-0.15, -0.1) is 0 Å². The first kappa shape index (κ1) is 15.4. The molecule has 2 rings (SSSR count). The maximum atomic E-state index is 9.12. The van der Waals surface area contributed by atoms with E-state index in [1.807, 2.05) is 19.1 Å². The Morgan fingerprint density at radius 3 is 2.67 bits per heavy atom. The molecule has 0 bridgehead atoms. The van der Waals surface area contributed by atoms with Crippen LogP contribution in [0.25, 0.3) is 0 Å². The summed E-state index contributed by atoms with van der Waals surface area (Å²) < 4.78 is 5.48. The predicted octanol–water partition coefficient (Wildman–Crippen LogP) is 4.36. The lowest BCUT2D eigenvalue weighted by molar-refractivity contribution is 0.133. The van der Waals surface area contributed by atoms with E-state index in [9.17, 15) is 0 Å². The van der Waals surface area contributed by atoms with Crippen molar-refractivity contribution >= 4 is 17.3 Å². The van der Waals surface area contributed by atoms with Crippen molar-refractivity contribution in [2.24, 2.45) is 0 Å². The molecule has 0 heterocycles. The summed E-state index contributed by atoms with van der Waals surface area (Å²) in [7, 11) is 0. The number of anilines is 1. The Balaban J connectivity index is 2.13. The molecule has 0 aromatic heterocycles. The molecule has 0 spiro atoms. The summed E-state index contributed by atoms with van der Waals surface area (Å²) in [5, 5.41) is 13.0. The van der Waals surface area contributed by atoms with E-state index in [1.54, 1.807) is 18.2 Å². The van der Waals surface area contributed by atoms with Crippen LogP contribution in [0.1, 0.15) is 23.6 Å². The minimum Gasteiger partial charge on any atom is -0.380 e. The highest BCUT2D eigenvalue weighted by Gasteiger charge is 2.05. The summed E-state index contributed by atoms with van der Waals surface area (Å²) in [5.41, 5.74) is 3.63. The molecule has 0 amide bonds. The third kappa shape index (κ3) is 4.22. The zero-order valence-electron chi connectivity index (χ0n) is 11.9. The molecule has 3 nitrogen and oxygen atoms in total. The van der Waals surface area contributed by atoms with Crippen LogP contribution in [0.15, 0.2) is 42.5 Å². The van der Waals surface area contributed by atoms with Crippen molar-refractivity contribution in [1.82, 2.24) is 0 Å². The maximum absolute atomic E-state index is 9.12. The van der Waals surface area contributed by atoms with Crippen LogP contribution in [0.5, 0.6) is 0 Å². The van der Waals surface area contributed by atoms with Gasteiger partial charge in [0.05, 0.1) is 17.9 Å². The average molecular weight is 301 g/mol. The van der Waals surface area contributed by atoms with Crippen LogP contribution < -0.4 is 5.32 Å². The topological polar surface area (TPSA) is 45.0 Å². The molecule has 108 valence electrons. The second-order valence-electron chi connectivity index (χ2n) is 4.56. The van der Waals surface area contributed by atoms with Crippen LogP contribution in [0, 0.1) is 11.3 Å². The van der Waals surface area contributed by atoms with Gasteiger partial charge in [-0.25, -0.2) is 0 Å². The number of nitriles is 1. The summed E-state index contributed by atoms with van der Waals surface area (Å²) in [6, 6.07) is 15.5. The molecule has 0 fully saturated rings. The SMILES string of the molecule is CCOCc1ccccc1CNc1cc(Cl)ccc1C#N. The molecule has 0 aliphatic rings. The fraction of sp³-hybridized carbons (Fsp3) is 0.235. The Labute approximate surface area is 130 Å². The third-order valence-electron chi connectivity index (χ3n) is 3.15. The second-order valence-corrected chi connectivity index (χ2v) is 5.00. The lowest BCUT2D eigenvalue weighted by Gasteiger charge is -2.12. The third-order valence-corrected chi connectivity index (χ3v) is 3.39. The molecule has 0 unspecified atom stereocenters. The zero-order chi connectivity index (χ0) is 15.1. The van der Waals surface area contributed by atoms with Gasteiger partial charge in [-0.1, -0.05) is 35.9 Å². The number of benzene rings is 2. The molecule has 1 N–H and O–H groups in total. The van der Waals surface area contributed by atoms with Crippen molar-refractivity contribution in [2.45, 2.75) is 20.1 Å². The van der Waals surface area contributed by atoms with E-state index in [2.05, 4.69) is 23.5 Å². The van der Waals surface area contributed by atoms with Crippen molar-refractivity contribution in [3.05, 3.63) is 64.2 Å².